The predicted molar refractivity (Wildman–Crippen MR) is 66.2 cm³/mol. The average Bonchev–Trinajstić information content (AvgIpc) is 3.09. The summed E-state index contributed by atoms with van der Waals surface area (Å²) in [6.45, 7) is 4.69. The van der Waals surface area contributed by atoms with E-state index in [2.05, 4.69) is 0 Å². The SMILES string of the molecule is CC1(C)CN(C(=O)C2CC2)c2ccccc2O1. The Kier molecular flexibility index (Phi) is 2.18. The quantitative estimate of drug-likeness (QED) is 0.743. The van der Waals surface area contributed by atoms with Crippen LogP contribution in [-0.2, 0) is 4.79 Å². The minimum atomic E-state index is -0.307. The monoisotopic (exact) mass is 231 g/mol. The van der Waals surface area contributed by atoms with Gasteiger partial charge >= 0.3 is 0 Å². The van der Waals surface area contributed by atoms with Crippen LogP contribution < -0.4 is 9.64 Å². The molecule has 1 aliphatic heterocycles. The van der Waals surface area contributed by atoms with Crippen LogP contribution in [0.15, 0.2) is 24.3 Å². The smallest absolute Gasteiger partial charge is 0.230 e. The van der Waals surface area contributed by atoms with E-state index in [9.17, 15) is 4.79 Å². The van der Waals surface area contributed by atoms with E-state index in [0.717, 1.165) is 24.3 Å². The summed E-state index contributed by atoms with van der Waals surface area (Å²) in [6.07, 6.45) is 2.08. The number of anilines is 1. The minimum Gasteiger partial charge on any atom is -0.484 e. The zero-order valence-electron chi connectivity index (χ0n) is 10.3. The van der Waals surface area contributed by atoms with E-state index in [1.807, 2.05) is 43.0 Å². The number of hydrogen-bond donors (Lipinski definition) is 0. The molecular weight excluding hydrogens is 214 g/mol. The van der Waals surface area contributed by atoms with Gasteiger partial charge in [-0.1, -0.05) is 12.1 Å². The Labute approximate surface area is 101 Å². The fourth-order valence-corrected chi connectivity index (χ4v) is 2.31. The lowest BCUT2D eigenvalue weighted by atomic mass is 10.0. The Morgan fingerprint density at radius 3 is 2.76 bits per heavy atom. The van der Waals surface area contributed by atoms with Crippen molar-refractivity contribution in [1.29, 1.82) is 0 Å². The van der Waals surface area contributed by atoms with Crippen LogP contribution in [0.25, 0.3) is 0 Å². The molecule has 0 radical (unpaired) electrons. The largest absolute Gasteiger partial charge is 0.484 e. The molecule has 1 aromatic carbocycles. The van der Waals surface area contributed by atoms with E-state index in [0.29, 0.717) is 6.54 Å². The lowest BCUT2D eigenvalue weighted by molar-refractivity contribution is -0.120. The molecule has 3 heteroatoms. The first-order chi connectivity index (χ1) is 8.07. The first-order valence-corrected chi connectivity index (χ1v) is 6.16. The van der Waals surface area contributed by atoms with Crippen LogP contribution in [0.5, 0.6) is 5.75 Å². The van der Waals surface area contributed by atoms with Gasteiger partial charge in [-0.25, -0.2) is 0 Å². The van der Waals surface area contributed by atoms with Gasteiger partial charge in [0.1, 0.15) is 11.4 Å². The van der Waals surface area contributed by atoms with Gasteiger partial charge in [-0.05, 0) is 38.8 Å². The maximum Gasteiger partial charge on any atom is 0.230 e. The summed E-state index contributed by atoms with van der Waals surface area (Å²) >= 11 is 0. The Bertz CT molecular complexity index is 463. The molecule has 0 atom stereocenters. The first kappa shape index (κ1) is 10.6. The summed E-state index contributed by atoms with van der Waals surface area (Å²) in [7, 11) is 0. The number of rotatable bonds is 1. The molecule has 0 spiro atoms. The predicted octanol–water partition coefficient (Wildman–Crippen LogP) is 2.60. The third kappa shape index (κ3) is 1.90. The number of carbonyl (C=O) groups excluding carboxylic acids is 1. The average molecular weight is 231 g/mol. The van der Waals surface area contributed by atoms with Crippen molar-refractivity contribution in [2.75, 3.05) is 11.4 Å². The van der Waals surface area contributed by atoms with Crippen molar-refractivity contribution in [3.8, 4) is 5.75 Å². The van der Waals surface area contributed by atoms with Crippen LogP contribution in [0, 0.1) is 5.92 Å². The third-order valence-electron chi connectivity index (χ3n) is 3.27. The molecule has 0 aromatic heterocycles. The van der Waals surface area contributed by atoms with Crippen molar-refractivity contribution in [1.82, 2.24) is 0 Å². The molecule has 3 rings (SSSR count). The topological polar surface area (TPSA) is 29.5 Å². The van der Waals surface area contributed by atoms with Crippen LogP contribution in [0.1, 0.15) is 26.7 Å². The van der Waals surface area contributed by atoms with Crippen LogP contribution in [-0.4, -0.2) is 18.1 Å². The van der Waals surface area contributed by atoms with Crippen LogP contribution in [0.3, 0.4) is 0 Å². The summed E-state index contributed by atoms with van der Waals surface area (Å²) in [6, 6.07) is 7.79. The summed E-state index contributed by atoms with van der Waals surface area (Å²) < 4.78 is 5.91. The molecule has 3 nitrogen and oxygen atoms in total. The van der Waals surface area contributed by atoms with Gasteiger partial charge in [0.25, 0.3) is 0 Å². The number of para-hydroxylation sites is 2. The minimum absolute atomic E-state index is 0.247. The Morgan fingerprint density at radius 2 is 2.06 bits per heavy atom. The number of nitrogens with zero attached hydrogens (tertiary/aromatic N) is 1. The second kappa shape index (κ2) is 3.49. The van der Waals surface area contributed by atoms with Gasteiger partial charge in [0.2, 0.25) is 5.91 Å². The molecule has 0 unspecified atom stereocenters. The fraction of sp³-hybridized carbons (Fsp3) is 0.500. The normalized spacial score (nSPS) is 21.6. The van der Waals surface area contributed by atoms with Crippen molar-refractivity contribution in [3.05, 3.63) is 24.3 Å². The number of fused-ring (bicyclic) bond motifs is 1. The highest BCUT2D eigenvalue weighted by atomic mass is 16.5. The molecule has 0 saturated heterocycles. The molecule has 1 heterocycles. The van der Waals surface area contributed by atoms with E-state index in [4.69, 9.17) is 4.74 Å². The van der Waals surface area contributed by atoms with Crippen LogP contribution in [0.2, 0.25) is 0 Å². The zero-order valence-corrected chi connectivity index (χ0v) is 10.3. The second-order valence-corrected chi connectivity index (χ2v) is 5.53. The first-order valence-electron chi connectivity index (χ1n) is 6.16. The van der Waals surface area contributed by atoms with Gasteiger partial charge in [0, 0.05) is 5.92 Å². The molecule has 90 valence electrons. The highest BCUT2D eigenvalue weighted by molar-refractivity contribution is 5.98. The lowest BCUT2D eigenvalue weighted by Gasteiger charge is -2.39. The number of hydrogen-bond acceptors (Lipinski definition) is 2. The van der Waals surface area contributed by atoms with Gasteiger partial charge in [-0.3, -0.25) is 4.79 Å². The fourth-order valence-electron chi connectivity index (χ4n) is 2.31. The molecule has 1 saturated carbocycles. The van der Waals surface area contributed by atoms with Crippen molar-refractivity contribution >= 4 is 11.6 Å². The van der Waals surface area contributed by atoms with Gasteiger partial charge in [-0.15, -0.1) is 0 Å². The molecular formula is C14H17NO2. The van der Waals surface area contributed by atoms with Crippen molar-refractivity contribution in [3.63, 3.8) is 0 Å². The van der Waals surface area contributed by atoms with Crippen LogP contribution >= 0.6 is 0 Å². The number of benzene rings is 1. The number of amides is 1. The summed E-state index contributed by atoms with van der Waals surface area (Å²) in [5.41, 5.74) is 0.613. The summed E-state index contributed by atoms with van der Waals surface area (Å²) in [4.78, 5) is 14.2. The lowest BCUT2D eigenvalue weighted by Crippen LogP contribution is -2.49. The molecule has 1 aromatic rings. The van der Waals surface area contributed by atoms with Gasteiger partial charge in [0.15, 0.2) is 0 Å². The highest BCUT2D eigenvalue weighted by Crippen LogP contribution is 2.40. The van der Waals surface area contributed by atoms with Gasteiger partial charge in [0.05, 0.1) is 12.2 Å². The van der Waals surface area contributed by atoms with Gasteiger partial charge in [-0.2, -0.15) is 0 Å². The Morgan fingerprint density at radius 1 is 1.35 bits per heavy atom. The molecule has 17 heavy (non-hydrogen) atoms. The number of carbonyl (C=O) groups is 1. The van der Waals surface area contributed by atoms with Crippen LogP contribution in [0.4, 0.5) is 5.69 Å². The standard InChI is InChI=1S/C14H17NO2/c1-14(2)9-15(13(16)10-7-8-10)11-5-3-4-6-12(11)17-14/h3-6,10H,7-9H2,1-2H3. The van der Waals surface area contributed by atoms with E-state index in [1.54, 1.807) is 0 Å². The van der Waals surface area contributed by atoms with Crippen molar-refractivity contribution in [2.45, 2.75) is 32.3 Å². The number of ether oxygens (including phenoxy) is 1. The molecule has 2 aliphatic rings. The third-order valence-corrected chi connectivity index (χ3v) is 3.27. The van der Waals surface area contributed by atoms with Gasteiger partial charge < -0.3 is 9.64 Å². The maximum atomic E-state index is 12.3. The van der Waals surface area contributed by atoms with Crippen molar-refractivity contribution < 1.29 is 9.53 Å². The Hall–Kier alpha value is -1.51. The summed E-state index contributed by atoms with van der Waals surface area (Å²) in [5, 5.41) is 0. The van der Waals surface area contributed by atoms with Crippen molar-refractivity contribution in [2.24, 2.45) is 5.92 Å². The molecule has 0 bridgehead atoms. The van der Waals surface area contributed by atoms with E-state index < -0.39 is 0 Å². The van der Waals surface area contributed by atoms with E-state index >= 15 is 0 Å². The molecule has 1 amide bonds. The molecule has 1 fully saturated rings. The second-order valence-electron chi connectivity index (χ2n) is 5.53. The van der Waals surface area contributed by atoms with E-state index in [1.165, 1.54) is 0 Å². The Balaban J connectivity index is 2.00. The maximum absolute atomic E-state index is 12.3. The highest BCUT2D eigenvalue weighted by Gasteiger charge is 2.40. The van der Waals surface area contributed by atoms with E-state index in [-0.39, 0.29) is 17.4 Å². The summed E-state index contributed by atoms with van der Waals surface area (Å²) in [5.74, 6) is 1.32. The molecule has 0 N–H and O–H groups in total. The zero-order chi connectivity index (χ0) is 12.0. The molecule has 1 aliphatic carbocycles.